The highest BCUT2D eigenvalue weighted by atomic mass is 16.6. The first-order valence-electron chi connectivity index (χ1n) is 7.05. The molecule has 1 N–H and O–H groups in total. The fourth-order valence-electron chi connectivity index (χ4n) is 1.87. The minimum atomic E-state index is -0.502. The van der Waals surface area contributed by atoms with Crippen molar-refractivity contribution in [3.05, 3.63) is 76.5 Å². The average Bonchev–Trinajstić information content (AvgIpc) is 2.56. The van der Waals surface area contributed by atoms with E-state index in [1.807, 2.05) is 31.2 Å². The molecule has 0 unspecified atom stereocenters. The molecule has 0 heterocycles. The summed E-state index contributed by atoms with van der Waals surface area (Å²) in [4.78, 5) is 22.0. The van der Waals surface area contributed by atoms with Crippen molar-refractivity contribution in [2.45, 2.75) is 6.92 Å². The molecule has 6 nitrogen and oxygen atoms in total. The van der Waals surface area contributed by atoms with Crippen LogP contribution in [0.1, 0.15) is 17.3 Å². The zero-order chi connectivity index (χ0) is 16.7. The number of hydrogen-bond donors (Lipinski definition) is 1. The van der Waals surface area contributed by atoms with Crippen molar-refractivity contribution in [3.63, 3.8) is 0 Å². The van der Waals surface area contributed by atoms with Crippen LogP contribution in [0.5, 0.6) is 5.75 Å². The van der Waals surface area contributed by atoms with Gasteiger partial charge in [0.25, 0.3) is 5.69 Å². The maximum absolute atomic E-state index is 11.9. The van der Waals surface area contributed by atoms with Gasteiger partial charge < -0.3 is 10.1 Å². The molecule has 6 heteroatoms. The van der Waals surface area contributed by atoms with Gasteiger partial charge >= 0.3 is 0 Å². The van der Waals surface area contributed by atoms with Gasteiger partial charge in [0, 0.05) is 35.7 Å². The number of nitro groups is 1. The van der Waals surface area contributed by atoms with Gasteiger partial charge in [0.05, 0.1) is 11.5 Å². The van der Waals surface area contributed by atoms with Gasteiger partial charge in [-0.3, -0.25) is 14.9 Å². The molecule has 0 aliphatic carbocycles. The number of nitro benzene ring substituents is 1. The molecule has 0 spiro atoms. The van der Waals surface area contributed by atoms with Gasteiger partial charge in [-0.25, -0.2) is 0 Å². The second-order valence-electron chi connectivity index (χ2n) is 4.60. The number of benzene rings is 2. The van der Waals surface area contributed by atoms with Crippen molar-refractivity contribution in [2.24, 2.45) is 0 Å². The monoisotopic (exact) mass is 312 g/mol. The van der Waals surface area contributed by atoms with Crippen LogP contribution in [0, 0.1) is 10.1 Å². The molecule has 0 radical (unpaired) electrons. The van der Waals surface area contributed by atoms with Gasteiger partial charge in [0.2, 0.25) is 0 Å². The van der Waals surface area contributed by atoms with Crippen molar-refractivity contribution in [3.8, 4) is 5.75 Å². The summed E-state index contributed by atoms with van der Waals surface area (Å²) in [6.07, 6.45) is 2.90. The summed E-state index contributed by atoms with van der Waals surface area (Å²) >= 11 is 0. The summed E-state index contributed by atoms with van der Waals surface area (Å²) in [5.74, 6) is 0.544. The molecule has 2 aromatic carbocycles. The minimum Gasteiger partial charge on any atom is -0.494 e. The van der Waals surface area contributed by atoms with Crippen LogP contribution in [0.2, 0.25) is 0 Å². The SMILES string of the molecule is CCOc1ccc(N/C=C/C(=O)c2ccc([N+](=O)[O-])cc2)cc1. The Labute approximate surface area is 133 Å². The van der Waals surface area contributed by atoms with Gasteiger partial charge in [-0.2, -0.15) is 0 Å². The molecule has 0 aromatic heterocycles. The van der Waals surface area contributed by atoms with Crippen LogP contribution >= 0.6 is 0 Å². The predicted molar refractivity (Wildman–Crippen MR) is 87.8 cm³/mol. The van der Waals surface area contributed by atoms with Crippen molar-refractivity contribution in [2.75, 3.05) is 11.9 Å². The number of rotatable bonds is 7. The number of anilines is 1. The molecule has 2 aromatic rings. The molecule has 0 saturated carbocycles. The molecule has 0 aliphatic heterocycles. The number of ether oxygens (including phenoxy) is 1. The van der Waals surface area contributed by atoms with Gasteiger partial charge in [0.15, 0.2) is 5.78 Å². The van der Waals surface area contributed by atoms with Crippen LogP contribution in [-0.2, 0) is 0 Å². The third-order valence-corrected chi connectivity index (χ3v) is 3.01. The van der Waals surface area contributed by atoms with E-state index in [0.29, 0.717) is 12.2 Å². The molecule has 0 atom stereocenters. The van der Waals surface area contributed by atoms with Crippen LogP contribution in [0.3, 0.4) is 0 Å². The first-order chi connectivity index (χ1) is 11.1. The van der Waals surface area contributed by atoms with Gasteiger partial charge in [-0.15, -0.1) is 0 Å². The van der Waals surface area contributed by atoms with Crippen molar-refractivity contribution >= 4 is 17.2 Å². The molecule has 0 fully saturated rings. The lowest BCUT2D eigenvalue weighted by Gasteiger charge is -2.04. The van der Waals surface area contributed by atoms with Gasteiger partial charge in [-0.1, -0.05) is 0 Å². The largest absolute Gasteiger partial charge is 0.494 e. The summed E-state index contributed by atoms with van der Waals surface area (Å²) in [5, 5.41) is 13.5. The van der Waals surface area contributed by atoms with Crippen molar-refractivity contribution < 1.29 is 14.5 Å². The first kappa shape index (κ1) is 16.2. The first-order valence-corrected chi connectivity index (χ1v) is 7.05. The number of allylic oxidation sites excluding steroid dienone is 1. The van der Waals surface area contributed by atoms with Crippen molar-refractivity contribution in [1.29, 1.82) is 0 Å². The Bertz CT molecular complexity index is 706. The molecule has 118 valence electrons. The highest BCUT2D eigenvalue weighted by Crippen LogP contribution is 2.16. The minimum absolute atomic E-state index is 0.0435. The quantitative estimate of drug-likeness (QED) is 0.364. The Morgan fingerprint density at radius 2 is 1.83 bits per heavy atom. The van der Waals surface area contributed by atoms with E-state index >= 15 is 0 Å². The Morgan fingerprint density at radius 3 is 2.39 bits per heavy atom. The Hall–Kier alpha value is -3.15. The highest BCUT2D eigenvalue weighted by Gasteiger charge is 2.07. The second kappa shape index (κ2) is 7.74. The van der Waals surface area contributed by atoms with E-state index in [2.05, 4.69) is 5.32 Å². The van der Waals surface area contributed by atoms with E-state index in [1.54, 1.807) is 0 Å². The smallest absolute Gasteiger partial charge is 0.269 e. The van der Waals surface area contributed by atoms with Gasteiger partial charge in [-0.05, 0) is 43.3 Å². The number of hydrogen-bond acceptors (Lipinski definition) is 5. The maximum atomic E-state index is 11.9. The average molecular weight is 312 g/mol. The standard InChI is InChI=1S/C17H16N2O4/c1-2-23-16-9-5-14(6-10-16)18-12-11-17(20)13-3-7-15(8-4-13)19(21)22/h3-12,18H,2H2,1H3/b12-11+. The van der Waals surface area contributed by atoms with E-state index in [-0.39, 0.29) is 11.5 Å². The molecule has 0 saturated heterocycles. The lowest BCUT2D eigenvalue weighted by atomic mass is 10.1. The van der Waals surface area contributed by atoms with Crippen LogP contribution in [-0.4, -0.2) is 17.3 Å². The third-order valence-electron chi connectivity index (χ3n) is 3.01. The van der Waals surface area contributed by atoms with E-state index in [4.69, 9.17) is 4.74 Å². The molecular weight excluding hydrogens is 296 g/mol. The van der Waals surface area contributed by atoms with E-state index in [0.717, 1.165) is 11.4 Å². The maximum Gasteiger partial charge on any atom is 0.269 e. The molecule has 0 amide bonds. The summed E-state index contributed by atoms with van der Waals surface area (Å²) in [6, 6.07) is 12.8. The number of ketones is 1. The van der Waals surface area contributed by atoms with E-state index in [9.17, 15) is 14.9 Å². The summed E-state index contributed by atoms with van der Waals surface area (Å²) in [5.41, 5.74) is 1.17. The number of carbonyl (C=O) groups excluding carboxylic acids is 1. The Kier molecular flexibility index (Phi) is 5.46. The van der Waals surface area contributed by atoms with Gasteiger partial charge in [0.1, 0.15) is 5.75 Å². The summed E-state index contributed by atoms with van der Waals surface area (Å²) < 4.78 is 5.34. The zero-order valence-corrected chi connectivity index (χ0v) is 12.6. The van der Waals surface area contributed by atoms with Crippen LogP contribution in [0.25, 0.3) is 0 Å². The highest BCUT2D eigenvalue weighted by molar-refractivity contribution is 6.04. The van der Waals surface area contributed by atoms with E-state index < -0.39 is 4.92 Å². The van der Waals surface area contributed by atoms with E-state index in [1.165, 1.54) is 36.5 Å². The second-order valence-corrected chi connectivity index (χ2v) is 4.60. The van der Waals surface area contributed by atoms with Crippen molar-refractivity contribution in [1.82, 2.24) is 0 Å². The Morgan fingerprint density at radius 1 is 1.17 bits per heavy atom. The fraction of sp³-hybridized carbons (Fsp3) is 0.118. The number of nitrogens with zero attached hydrogens (tertiary/aromatic N) is 1. The Balaban J connectivity index is 1.94. The van der Waals surface area contributed by atoms with Crippen LogP contribution < -0.4 is 10.1 Å². The zero-order valence-electron chi connectivity index (χ0n) is 12.6. The third kappa shape index (κ3) is 4.67. The van der Waals surface area contributed by atoms with Crippen LogP contribution in [0.4, 0.5) is 11.4 Å². The number of nitrogens with one attached hydrogen (secondary N) is 1. The molecule has 0 aliphatic rings. The molecular formula is C17H16N2O4. The van der Waals surface area contributed by atoms with Crippen LogP contribution in [0.15, 0.2) is 60.8 Å². The number of non-ortho nitro benzene ring substituents is 1. The lowest BCUT2D eigenvalue weighted by Crippen LogP contribution is -1.97. The summed E-state index contributed by atoms with van der Waals surface area (Å²) in [6.45, 7) is 2.52. The molecule has 2 rings (SSSR count). The topological polar surface area (TPSA) is 81.5 Å². The fourth-order valence-corrected chi connectivity index (χ4v) is 1.87. The lowest BCUT2D eigenvalue weighted by molar-refractivity contribution is -0.384. The molecule has 23 heavy (non-hydrogen) atoms. The number of carbonyl (C=O) groups is 1. The molecule has 0 bridgehead atoms. The predicted octanol–water partition coefficient (Wildman–Crippen LogP) is 3.80. The summed E-state index contributed by atoms with van der Waals surface area (Å²) in [7, 11) is 0. The normalized spacial score (nSPS) is 10.5.